The van der Waals surface area contributed by atoms with Crippen LogP contribution in [0, 0.1) is 0 Å². The Bertz CT molecular complexity index is 322. The Balaban J connectivity index is 2.26. The van der Waals surface area contributed by atoms with E-state index < -0.39 is 0 Å². The van der Waals surface area contributed by atoms with Gasteiger partial charge in [0.05, 0.1) is 0 Å². The summed E-state index contributed by atoms with van der Waals surface area (Å²) in [6.45, 7) is 1.22. The summed E-state index contributed by atoms with van der Waals surface area (Å²) < 4.78 is 0. The number of rotatable bonds is 2. The first-order valence-corrected chi connectivity index (χ1v) is 5.80. The number of hydrogen-bond acceptors (Lipinski definition) is 2. The van der Waals surface area contributed by atoms with Crippen molar-refractivity contribution in [3.8, 4) is 0 Å². The smallest absolute Gasteiger partial charge is 0.0386 e. The highest BCUT2D eigenvalue weighted by Crippen LogP contribution is 2.33. The minimum Gasteiger partial charge on any atom is -0.388 e. The summed E-state index contributed by atoms with van der Waals surface area (Å²) in [6.07, 6.45) is 3.98. The van der Waals surface area contributed by atoms with Crippen molar-refractivity contribution >= 4 is 5.69 Å². The molecule has 1 N–H and O–H groups in total. The van der Waals surface area contributed by atoms with Crippen molar-refractivity contribution in [2.75, 3.05) is 26.0 Å². The highest BCUT2D eigenvalue weighted by Gasteiger charge is 2.22. The third kappa shape index (κ3) is 2.15. The molecule has 1 fully saturated rings. The maximum atomic E-state index is 3.29. The SMILES string of the molecule is CNc1ccccc1C1CCCCN1C. The summed E-state index contributed by atoms with van der Waals surface area (Å²) in [5.74, 6) is 0. The zero-order chi connectivity index (χ0) is 10.7. The Morgan fingerprint density at radius 3 is 2.80 bits per heavy atom. The van der Waals surface area contributed by atoms with Crippen LogP contribution in [0.5, 0.6) is 0 Å². The molecule has 0 bridgehead atoms. The molecule has 0 aliphatic carbocycles. The van der Waals surface area contributed by atoms with Crippen LogP contribution in [0.25, 0.3) is 0 Å². The first kappa shape index (κ1) is 10.5. The van der Waals surface area contributed by atoms with Crippen molar-refractivity contribution in [1.29, 1.82) is 0 Å². The number of benzene rings is 1. The predicted molar refractivity (Wildman–Crippen MR) is 65.2 cm³/mol. The zero-order valence-corrected chi connectivity index (χ0v) is 9.66. The summed E-state index contributed by atoms with van der Waals surface area (Å²) in [5, 5.41) is 3.29. The first-order valence-electron chi connectivity index (χ1n) is 5.80. The number of hydrogen-bond donors (Lipinski definition) is 1. The second-order valence-corrected chi connectivity index (χ2v) is 4.33. The number of likely N-dealkylation sites (tertiary alicyclic amines) is 1. The molecule has 1 saturated heterocycles. The predicted octanol–water partition coefficient (Wildman–Crippen LogP) is 2.89. The van der Waals surface area contributed by atoms with Crippen LogP contribution in [0.2, 0.25) is 0 Å². The fourth-order valence-corrected chi connectivity index (χ4v) is 2.48. The van der Waals surface area contributed by atoms with Gasteiger partial charge in [-0.15, -0.1) is 0 Å². The molecule has 1 heterocycles. The lowest BCUT2D eigenvalue weighted by atomic mass is 9.94. The topological polar surface area (TPSA) is 15.3 Å². The molecule has 2 nitrogen and oxygen atoms in total. The van der Waals surface area contributed by atoms with Gasteiger partial charge in [-0.2, -0.15) is 0 Å². The van der Waals surface area contributed by atoms with E-state index in [4.69, 9.17) is 0 Å². The van der Waals surface area contributed by atoms with E-state index in [1.807, 2.05) is 7.05 Å². The van der Waals surface area contributed by atoms with Crippen molar-refractivity contribution in [3.63, 3.8) is 0 Å². The maximum Gasteiger partial charge on any atom is 0.0386 e. The van der Waals surface area contributed by atoms with E-state index in [1.54, 1.807) is 0 Å². The standard InChI is InChI=1S/C13H20N2/c1-14-12-8-4-3-7-11(12)13-9-5-6-10-15(13)2/h3-4,7-8,13-14H,5-6,9-10H2,1-2H3. The average Bonchev–Trinajstić information content (AvgIpc) is 2.30. The Morgan fingerprint density at radius 1 is 1.27 bits per heavy atom. The Morgan fingerprint density at radius 2 is 2.07 bits per heavy atom. The van der Waals surface area contributed by atoms with Crippen molar-refractivity contribution in [2.24, 2.45) is 0 Å². The second-order valence-electron chi connectivity index (χ2n) is 4.33. The van der Waals surface area contributed by atoms with Gasteiger partial charge in [0.2, 0.25) is 0 Å². The Hall–Kier alpha value is -1.02. The van der Waals surface area contributed by atoms with Gasteiger partial charge >= 0.3 is 0 Å². The van der Waals surface area contributed by atoms with Crippen LogP contribution in [0.3, 0.4) is 0 Å². The number of para-hydroxylation sites is 1. The van der Waals surface area contributed by atoms with Crippen LogP contribution < -0.4 is 5.32 Å². The van der Waals surface area contributed by atoms with Gasteiger partial charge in [0.25, 0.3) is 0 Å². The minimum absolute atomic E-state index is 0.599. The Labute approximate surface area is 92.3 Å². The average molecular weight is 204 g/mol. The fourth-order valence-electron chi connectivity index (χ4n) is 2.48. The first-order chi connectivity index (χ1) is 7.33. The van der Waals surface area contributed by atoms with E-state index in [-0.39, 0.29) is 0 Å². The molecule has 1 atom stereocenters. The maximum absolute atomic E-state index is 3.29. The molecule has 0 saturated carbocycles. The summed E-state index contributed by atoms with van der Waals surface area (Å²) in [5.41, 5.74) is 2.72. The molecule has 0 aromatic heterocycles. The number of nitrogens with zero attached hydrogens (tertiary/aromatic N) is 1. The van der Waals surface area contributed by atoms with Crippen molar-refractivity contribution < 1.29 is 0 Å². The summed E-state index contributed by atoms with van der Waals surface area (Å²) in [4.78, 5) is 2.47. The molecule has 2 heteroatoms. The van der Waals surface area contributed by atoms with Crippen LogP contribution in [-0.2, 0) is 0 Å². The molecule has 15 heavy (non-hydrogen) atoms. The quantitative estimate of drug-likeness (QED) is 0.797. The van der Waals surface area contributed by atoms with Crippen molar-refractivity contribution in [3.05, 3.63) is 29.8 Å². The van der Waals surface area contributed by atoms with Crippen LogP contribution in [0.1, 0.15) is 30.9 Å². The van der Waals surface area contributed by atoms with E-state index in [9.17, 15) is 0 Å². The highest BCUT2D eigenvalue weighted by atomic mass is 15.1. The van der Waals surface area contributed by atoms with Gasteiger partial charge < -0.3 is 5.32 Å². The van der Waals surface area contributed by atoms with E-state index >= 15 is 0 Å². The van der Waals surface area contributed by atoms with Crippen LogP contribution in [0.4, 0.5) is 5.69 Å². The van der Waals surface area contributed by atoms with Gasteiger partial charge in [0, 0.05) is 18.8 Å². The molecule has 0 radical (unpaired) electrons. The van der Waals surface area contributed by atoms with Gasteiger partial charge in [-0.05, 0) is 38.1 Å². The van der Waals surface area contributed by atoms with Crippen LogP contribution >= 0.6 is 0 Å². The van der Waals surface area contributed by atoms with Gasteiger partial charge in [0.1, 0.15) is 0 Å². The lowest BCUT2D eigenvalue weighted by Gasteiger charge is -2.33. The van der Waals surface area contributed by atoms with Gasteiger partial charge in [-0.1, -0.05) is 24.6 Å². The van der Waals surface area contributed by atoms with E-state index in [2.05, 4.69) is 41.5 Å². The van der Waals surface area contributed by atoms with Crippen molar-refractivity contribution in [2.45, 2.75) is 25.3 Å². The molecule has 1 aliphatic heterocycles. The molecule has 1 aromatic carbocycles. The second kappa shape index (κ2) is 4.67. The number of nitrogens with one attached hydrogen (secondary N) is 1. The minimum atomic E-state index is 0.599. The zero-order valence-electron chi connectivity index (χ0n) is 9.66. The number of anilines is 1. The van der Waals surface area contributed by atoms with E-state index in [1.165, 1.54) is 37.1 Å². The normalized spacial score (nSPS) is 22.7. The number of piperidine rings is 1. The van der Waals surface area contributed by atoms with E-state index in [0.29, 0.717) is 6.04 Å². The molecule has 1 aromatic rings. The van der Waals surface area contributed by atoms with Gasteiger partial charge in [-0.25, -0.2) is 0 Å². The lowest BCUT2D eigenvalue weighted by molar-refractivity contribution is 0.188. The monoisotopic (exact) mass is 204 g/mol. The van der Waals surface area contributed by atoms with Crippen LogP contribution in [0.15, 0.2) is 24.3 Å². The van der Waals surface area contributed by atoms with E-state index in [0.717, 1.165) is 0 Å². The molecule has 82 valence electrons. The van der Waals surface area contributed by atoms with Crippen LogP contribution in [-0.4, -0.2) is 25.5 Å². The fraction of sp³-hybridized carbons (Fsp3) is 0.538. The molecule has 0 amide bonds. The van der Waals surface area contributed by atoms with Gasteiger partial charge in [-0.3, -0.25) is 4.90 Å². The summed E-state index contributed by atoms with van der Waals surface area (Å²) >= 11 is 0. The third-order valence-electron chi connectivity index (χ3n) is 3.36. The molecular weight excluding hydrogens is 184 g/mol. The van der Waals surface area contributed by atoms with Gasteiger partial charge in [0.15, 0.2) is 0 Å². The molecule has 2 rings (SSSR count). The molecular formula is C13H20N2. The molecule has 1 aliphatic rings. The summed E-state index contributed by atoms with van der Waals surface area (Å²) in [6, 6.07) is 9.25. The Kier molecular flexibility index (Phi) is 3.27. The molecule has 1 unspecified atom stereocenters. The largest absolute Gasteiger partial charge is 0.388 e. The van der Waals surface area contributed by atoms with Crippen molar-refractivity contribution in [1.82, 2.24) is 4.90 Å². The lowest BCUT2D eigenvalue weighted by Crippen LogP contribution is -2.29. The third-order valence-corrected chi connectivity index (χ3v) is 3.36. The summed E-state index contributed by atoms with van der Waals surface area (Å²) in [7, 11) is 4.23. The molecule has 0 spiro atoms. The highest BCUT2D eigenvalue weighted by molar-refractivity contribution is 5.52.